The minimum atomic E-state index is -1.54. The Morgan fingerprint density at radius 2 is 1.64 bits per heavy atom. The van der Waals surface area contributed by atoms with Gasteiger partial charge in [-0.05, 0) is 12.1 Å². The quantitative estimate of drug-likeness (QED) is 0.867. The normalized spacial score (nSPS) is 22.5. The molecule has 2 amide bonds. The molecule has 1 unspecified atom stereocenters. The van der Waals surface area contributed by atoms with Crippen molar-refractivity contribution in [2.45, 2.75) is 4.87 Å². The third-order valence-corrected chi connectivity index (χ3v) is 5.30. The van der Waals surface area contributed by atoms with Crippen molar-refractivity contribution in [2.75, 3.05) is 4.90 Å². The number of hydrogen-bond acceptors (Lipinski definition) is 5. The summed E-state index contributed by atoms with van der Waals surface area (Å²) in [6.45, 7) is 0. The Labute approximate surface area is 147 Å². The molecule has 0 bridgehead atoms. The van der Waals surface area contributed by atoms with Crippen molar-refractivity contribution in [2.24, 2.45) is 4.99 Å². The Morgan fingerprint density at radius 1 is 0.960 bits per heavy atom. The average molecular weight is 352 g/mol. The molecule has 2 N–H and O–H groups in total. The summed E-state index contributed by atoms with van der Waals surface area (Å²) in [6, 6.07) is 15.3. The van der Waals surface area contributed by atoms with Gasteiger partial charge in [0.15, 0.2) is 5.76 Å². The van der Waals surface area contributed by atoms with E-state index in [0.29, 0.717) is 5.04 Å². The Hall–Kier alpha value is -3.06. The highest BCUT2D eigenvalue weighted by molar-refractivity contribution is 8.17. The maximum absolute atomic E-state index is 12.7. The van der Waals surface area contributed by atoms with E-state index in [1.165, 1.54) is 18.2 Å². The number of hydrogen-bond donors (Lipinski definition) is 2. The molecule has 124 valence electrons. The standard InChI is InChI=1S/C18H12N2O4S/c21-13-9-5-4-8-12(13)20-16(23)14(22)10-18(20)17(24)19-15(25-18)11-6-2-1-3-7-11/h1-10,21-22H. The predicted molar refractivity (Wildman–Crippen MR) is 94.6 cm³/mol. The lowest BCUT2D eigenvalue weighted by atomic mass is 10.2. The summed E-state index contributed by atoms with van der Waals surface area (Å²) in [5, 5.41) is 20.6. The number of para-hydroxylation sites is 2. The van der Waals surface area contributed by atoms with Gasteiger partial charge in [0.2, 0.25) is 4.87 Å². The number of phenolic OH excluding ortho intramolecular Hbond substituents is 1. The molecular weight excluding hydrogens is 340 g/mol. The second-order valence-electron chi connectivity index (χ2n) is 5.55. The topological polar surface area (TPSA) is 90.2 Å². The van der Waals surface area contributed by atoms with Gasteiger partial charge in [-0.1, -0.05) is 54.2 Å². The zero-order chi connectivity index (χ0) is 17.6. The minimum absolute atomic E-state index is 0.137. The van der Waals surface area contributed by atoms with E-state index >= 15 is 0 Å². The number of amides is 2. The molecule has 2 aliphatic heterocycles. The maximum atomic E-state index is 12.7. The van der Waals surface area contributed by atoms with Gasteiger partial charge in [0.25, 0.3) is 11.8 Å². The molecule has 25 heavy (non-hydrogen) atoms. The van der Waals surface area contributed by atoms with E-state index < -0.39 is 22.4 Å². The highest BCUT2D eigenvalue weighted by Gasteiger charge is 2.57. The molecule has 0 saturated heterocycles. The number of carbonyl (C=O) groups is 2. The molecule has 1 atom stereocenters. The Kier molecular flexibility index (Phi) is 3.40. The molecule has 2 aromatic carbocycles. The number of anilines is 1. The third-order valence-electron chi connectivity index (χ3n) is 3.99. The van der Waals surface area contributed by atoms with Gasteiger partial charge >= 0.3 is 0 Å². The van der Waals surface area contributed by atoms with Gasteiger partial charge in [-0.15, -0.1) is 0 Å². The van der Waals surface area contributed by atoms with Gasteiger partial charge in [-0.3, -0.25) is 14.5 Å². The van der Waals surface area contributed by atoms with E-state index in [-0.39, 0.29) is 11.4 Å². The monoisotopic (exact) mass is 352 g/mol. The molecule has 2 heterocycles. The van der Waals surface area contributed by atoms with Crippen LogP contribution in [0.2, 0.25) is 0 Å². The molecule has 6 nitrogen and oxygen atoms in total. The highest BCUT2D eigenvalue weighted by Crippen LogP contribution is 2.48. The van der Waals surface area contributed by atoms with E-state index in [1.807, 2.05) is 30.3 Å². The van der Waals surface area contributed by atoms with Crippen molar-refractivity contribution < 1.29 is 19.8 Å². The second-order valence-corrected chi connectivity index (χ2v) is 6.76. The van der Waals surface area contributed by atoms with Crippen LogP contribution in [-0.4, -0.2) is 31.9 Å². The summed E-state index contributed by atoms with van der Waals surface area (Å²) in [6.07, 6.45) is 1.19. The molecule has 0 fully saturated rings. The van der Waals surface area contributed by atoms with Crippen LogP contribution >= 0.6 is 11.8 Å². The molecule has 2 aromatic rings. The summed E-state index contributed by atoms with van der Waals surface area (Å²) in [4.78, 5) is 28.8. The molecule has 0 radical (unpaired) electrons. The zero-order valence-electron chi connectivity index (χ0n) is 12.8. The third kappa shape index (κ3) is 2.24. The van der Waals surface area contributed by atoms with Gasteiger partial charge in [0, 0.05) is 11.6 Å². The van der Waals surface area contributed by atoms with E-state index in [0.717, 1.165) is 22.2 Å². The number of aliphatic imine (C=N–C) groups is 1. The summed E-state index contributed by atoms with van der Waals surface area (Å²) in [5.41, 5.74) is 0.875. The summed E-state index contributed by atoms with van der Waals surface area (Å²) < 4.78 is 0. The van der Waals surface area contributed by atoms with Crippen molar-refractivity contribution in [3.05, 3.63) is 72.0 Å². The largest absolute Gasteiger partial charge is 0.506 e. The molecule has 2 aliphatic rings. The first-order valence-electron chi connectivity index (χ1n) is 7.45. The fourth-order valence-electron chi connectivity index (χ4n) is 2.84. The summed E-state index contributed by atoms with van der Waals surface area (Å²) in [5.74, 6) is -2.06. The van der Waals surface area contributed by atoms with Crippen LogP contribution in [0, 0.1) is 0 Å². The lowest BCUT2D eigenvalue weighted by Gasteiger charge is -2.31. The fourth-order valence-corrected chi connectivity index (χ4v) is 4.09. The number of rotatable bonds is 2. The number of benzene rings is 2. The van der Waals surface area contributed by atoms with E-state index in [4.69, 9.17) is 0 Å². The van der Waals surface area contributed by atoms with Crippen LogP contribution in [0.25, 0.3) is 0 Å². The van der Waals surface area contributed by atoms with Crippen LogP contribution < -0.4 is 4.90 Å². The predicted octanol–water partition coefficient (Wildman–Crippen LogP) is 2.60. The molecular formula is C18H12N2O4S. The van der Waals surface area contributed by atoms with E-state index in [1.54, 1.807) is 12.1 Å². The van der Waals surface area contributed by atoms with Crippen molar-refractivity contribution in [1.29, 1.82) is 0 Å². The molecule has 0 aliphatic carbocycles. The first kappa shape index (κ1) is 15.5. The van der Waals surface area contributed by atoms with Gasteiger partial charge in [0.1, 0.15) is 10.8 Å². The van der Waals surface area contributed by atoms with Crippen LogP contribution in [0.15, 0.2) is 71.4 Å². The Morgan fingerprint density at radius 3 is 2.36 bits per heavy atom. The molecule has 0 saturated carbocycles. The number of aliphatic hydroxyl groups excluding tert-OH is 1. The van der Waals surface area contributed by atoms with Crippen LogP contribution in [0.3, 0.4) is 0 Å². The second kappa shape index (κ2) is 5.49. The van der Waals surface area contributed by atoms with Crippen LogP contribution in [0.4, 0.5) is 5.69 Å². The maximum Gasteiger partial charge on any atom is 0.294 e. The minimum Gasteiger partial charge on any atom is -0.506 e. The lowest BCUT2D eigenvalue weighted by Crippen LogP contribution is -2.48. The van der Waals surface area contributed by atoms with Crippen molar-refractivity contribution in [3.8, 4) is 5.75 Å². The molecule has 1 spiro atoms. The van der Waals surface area contributed by atoms with E-state index in [2.05, 4.69) is 4.99 Å². The first-order chi connectivity index (χ1) is 12.0. The van der Waals surface area contributed by atoms with Gasteiger partial charge in [-0.25, -0.2) is 4.99 Å². The first-order valence-corrected chi connectivity index (χ1v) is 8.26. The zero-order valence-corrected chi connectivity index (χ0v) is 13.6. The number of nitrogens with zero attached hydrogens (tertiary/aromatic N) is 2. The molecule has 0 aromatic heterocycles. The fraction of sp³-hybridized carbons (Fsp3) is 0.0556. The van der Waals surface area contributed by atoms with Crippen LogP contribution in [0.5, 0.6) is 5.75 Å². The lowest BCUT2D eigenvalue weighted by molar-refractivity contribution is -0.122. The SMILES string of the molecule is O=C1C(O)=CC2(SC(c3ccccc3)=NC2=O)N1c1ccccc1O. The number of carbonyl (C=O) groups excluding carboxylic acids is 2. The smallest absolute Gasteiger partial charge is 0.294 e. The number of thioether (sulfide) groups is 1. The van der Waals surface area contributed by atoms with Gasteiger partial charge < -0.3 is 10.2 Å². The van der Waals surface area contributed by atoms with Crippen molar-refractivity contribution in [3.63, 3.8) is 0 Å². The average Bonchev–Trinajstić information content (AvgIpc) is 3.07. The Bertz CT molecular complexity index is 955. The van der Waals surface area contributed by atoms with Crippen molar-refractivity contribution in [1.82, 2.24) is 0 Å². The van der Waals surface area contributed by atoms with Gasteiger partial charge in [0.05, 0.1) is 5.69 Å². The number of aliphatic hydroxyl groups is 1. The highest BCUT2D eigenvalue weighted by atomic mass is 32.2. The number of phenols is 1. The van der Waals surface area contributed by atoms with E-state index in [9.17, 15) is 19.8 Å². The Balaban J connectivity index is 1.82. The van der Waals surface area contributed by atoms with Crippen LogP contribution in [-0.2, 0) is 9.59 Å². The summed E-state index contributed by atoms with van der Waals surface area (Å²) in [7, 11) is 0. The molecule has 4 rings (SSSR count). The van der Waals surface area contributed by atoms with Gasteiger partial charge in [-0.2, -0.15) is 0 Å². The summed E-state index contributed by atoms with van der Waals surface area (Å²) >= 11 is 1.06. The molecule has 7 heteroatoms. The number of aromatic hydroxyl groups is 1. The van der Waals surface area contributed by atoms with Crippen LogP contribution in [0.1, 0.15) is 5.56 Å². The van der Waals surface area contributed by atoms with Crippen molar-refractivity contribution >= 4 is 34.3 Å².